The second kappa shape index (κ2) is 5.12. The van der Waals surface area contributed by atoms with Crippen LogP contribution >= 0.6 is 23.2 Å². The predicted octanol–water partition coefficient (Wildman–Crippen LogP) is 5.01. The number of benzene rings is 1. The third-order valence-corrected chi connectivity index (χ3v) is 3.92. The first-order chi connectivity index (χ1) is 9.60. The molecule has 0 saturated heterocycles. The number of fused-ring (bicyclic) bond motifs is 1. The van der Waals surface area contributed by atoms with Crippen LogP contribution in [0.5, 0.6) is 0 Å². The van der Waals surface area contributed by atoms with E-state index in [1.54, 1.807) is 0 Å². The Balaban J connectivity index is 2.30. The van der Waals surface area contributed by atoms with E-state index in [1.807, 2.05) is 22.7 Å². The fourth-order valence-electron chi connectivity index (χ4n) is 2.49. The summed E-state index contributed by atoms with van der Waals surface area (Å²) < 4.78 is 1.96. The van der Waals surface area contributed by atoms with Gasteiger partial charge in [-0.25, -0.2) is 4.98 Å². The molecule has 102 valence electrons. The maximum absolute atomic E-state index is 6.13. The number of hydrogen-bond donors (Lipinski definition) is 0. The molecule has 0 N–H and O–H groups in total. The smallest absolute Gasteiger partial charge is 0.137 e. The lowest BCUT2D eigenvalue weighted by molar-refractivity contribution is 1.09. The van der Waals surface area contributed by atoms with E-state index in [9.17, 15) is 0 Å². The average molecular weight is 305 g/mol. The van der Waals surface area contributed by atoms with Crippen LogP contribution < -0.4 is 0 Å². The molecule has 0 spiro atoms. The number of aryl methyl sites for hydroxylation is 2. The summed E-state index contributed by atoms with van der Waals surface area (Å²) in [5.41, 5.74) is 6.32. The lowest BCUT2D eigenvalue weighted by Crippen LogP contribution is -1.92. The number of aromatic nitrogens is 2. The summed E-state index contributed by atoms with van der Waals surface area (Å²) >= 11 is 12.2. The van der Waals surface area contributed by atoms with Crippen molar-refractivity contribution in [3.05, 3.63) is 58.4 Å². The Labute approximate surface area is 128 Å². The first-order valence-electron chi connectivity index (χ1n) is 6.40. The van der Waals surface area contributed by atoms with E-state index in [-0.39, 0.29) is 0 Å². The first-order valence-corrected chi connectivity index (χ1v) is 7.31. The summed E-state index contributed by atoms with van der Waals surface area (Å²) in [5, 5.41) is 0.674. The summed E-state index contributed by atoms with van der Waals surface area (Å²) in [6.45, 7) is 4.18. The van der Waals surface area contributed by atoms with Gasteiger partial charge >= 0.3 is 0 Å². The highest BCUT2D eigenvalue weighted by atomic mass is 35.5. The molecule has 2 heterocycles. The van der Waals surface area contributed by atoms with Gasteiger partial charge in [0, 0.05) is 11.8 Å². The van der Waals surface area contributed by atoms with Gasteiger partial charge in [-0.2, -0.15) is 0 Å². The molecule has 0 unspecified atom stereocenters. The van der Waals surface area contributed by atoms with E-state index in [1.165, 1.54) is 11.1 Å². The van der Waals surface area contributed by atoms with Gasteiger partial charge in [-0.3, -0.25) is 0 Å². The number of imidazole rings is 1. The van der Waals surface area contributed by atoms with Crippen LogP contribution in [0.1, 0.15) is 16.8 Å². The number of pyridine rings is 1. The second-order valence-corrected chi connectivity index (χ2v) is 5.64. The highest BCUT2D eigenvalue weighted by Gasteiger charge is 2.15. The van der Waals surface area contributed by atoms with Crippen LogP contribution in [0, 0.1) is 13.8 Å². The van der Waals surface area contributed by atoms with Crippen molar-refractivity contribution in [3.8, 4) is 11.3 Å². The Bertz CT molecular complexity index is 791. The minimum absolute atomic E-state index is 0.393. The van der Waals surface area contributed by atoms with Crippen LogP contribution in [0.25, 0.3) is 16.9 Å². The van der Waals surface area contributed by atoms with E-state index in [4.69, 9.17) is 28.2 Å². The minimum Gasteiger partial charge on any atom is -0.301 e. The van der Waals surface area contributed by atoms with Crippen LogP contribution in [-0.4, -0.2) is 9.38 Å². The van der Waals surface area contributed by atoms with Crippen molar-refractivity contribution in [3.63, 3.8) is 0 Å². The predicted molar refractivity (Wildman–Crippen MR) is 84.7 cm³/mol. The maximum Gasteiger partial charge on any atom is 0.137 e. The Hall–Kier alpha value is -1.51. The SMILES string of the molecule is Cc1ccc(-c2nc3ccc(Cl)cn3c2CCl)c(C)c1. The van der Waals surface area contributed by atoms with Crippen LogP contribution in [-0.2, 0) is 5.88 Å². The standard InChI is InChI=1S/C16H14Cl2N2/c1-10-3-5-13(11(2)7-10)16-14(8-17)20-9-12(18)4-6-15(20)19-16/h3-7,9H,8H2,1-2H3. The first kappa shape index (κ1) is 13.5. The van der Waals surface area contributed by atoms with Gasteiger partial charge in [0.25, 0.3) is 0 Å². The van der Waals surface area contributed by atoms with Crippen molar-refractivity contribution in [1.29, 1.82) is 0 Å². The highest BCUT2D eigenvalue weighted by Crippen LogP contribution is 2.29. The van der Waals surface area contributed by atoms with Crippen LogP contribution in [0.15, 0.2) is 36.5 Å². The summed E-state index contributed by atoms with van der Waals surface area (Å²) in [6.07, 6.45) is 1.86. The molecule has 3 rings (SSSR count). The zero-order valence-corrected chi connectivity index (χ0v) is 12.8. The fourth-order valence-corrected chi connectivity index (χ4v) is 2.91. The van der Waals surface area contributed by atoms with Crippen molar-refractivity contribution >= 4 is 28.8 Å². The molecule has 1 aromatic carbocycles. The van der Waals surface area contributed by atoms with Crippen LogP contribution in [0.3, 0.4) is 0 Å². The Morgan fingerprint density at radius 1 is 1.15 bits per heavy atom. The van der Waals surface area contributed by atoms with Crippen molar-refractivity contribution in [2.24, 2.45) is 0 Å². The van der Waals surface area contributed by atoms with Crippen molar-refractivity contribution < 1.29 is 0 Å². The van der Waals surface area contributed by atoms with E-state index < -0.39 is 0 Å². The van der Waals surface area contributed by atoms with Gasteiger partial charge < -0.3 is 4.40 Å². The third kappa shape index (κ3) is 2.19. The molecular weight excluding hydrogens is 291 g/mol. The van der Waals surface area contributed by atoms with E-state index in [0.29, 0.717) is 10.9 Å². The summed E-state index contributed by atoms with van der Waals surface area (Å²) in [7, 11) is 0. The Kier molecular flexibility index (Phi) is 3.45. The summed E-state index contributed by atoms with van der Waals surface area (Å²) in [5.74, 6) is 0.393. The molecule has 4 heteroatoms. The Morgan fingerprint density at radius 2 is 1.95 bits per heavy atom. The van der Waals surface area contributed by atoms with Crippen LogP contribution in [0.2, 0.25) is 5.02 Å². The van der Waals surface area contributed by atoms with Gasteiger partial charge in [0.05, 0.1) is 22.3 Å². The lowest BCUT2D eigenvalue weighted by atomic mass is 10.0. The normalized spacial score (nSPS) is 11.2. The maximum atomic E-state index is 6.13. The molecule has 3 aromatic rings. The number of hydrogen-bond acceptors (Lipinski definition) is 1. The molecule has 2 aromatic heterocycles. The highest BCUT2D eigenvalue weighted by molar-refractivity contribution is 6.30. The molecule has 0 aliphatic carbocycles. The van der Waals surface area contributed by atoms with Gasteiger partial charge in [0.2, 0.25) is 0 Å². The van der Waals surface area contributed by atoms with Crippen molar-refractivity contribution in [2.45, 2.75) is 19.7 Å². The topological polar surface area (TPSA) is 17.3 Å². The largest absolute Gasteiger partial charge is 0.301 e. The monoisotopic (exact) mass is 304 g/mol. The quantitative estimate of drug-likeness (QED) is 0.608. The van der Waals surface area contributed by atoms with Crippen molar-refractivity contribution in [1.82, 2.24) is 9.38 Å². The molecule has 0 aliphatic rings. The molecular formula is C16H14Cl2N2. The van der Waals surface area contributed by atoms with E-state index >= 15 is 0 Å². The third-order valence-electron chi connectivity index (χ3n) is 3.44. The van der Waals surface area contributed by atoms with E-state index in [2.05, 4.69) is 32.0 Å². The molecule has 0 atom stereocenters. The lowest BCUT2D eigenvalue weighted by Gasteiger charge is -2.06. The number of alkyl halides is 1. The molecule has 0 saturated carbocycles. The van der Waals surface area contributed by atoms with Gasteiger partial charge in [0.1, 0.15) is 5.65 Å². The average Bonchev–Trinajstić information content (AvgIpc) is 2.76. The van der Waals surface area contributed by atoms with Gasteiger partial charge in [-0.05, 0) is 31.5 Å². The van der Waals surface area contributed by atoms with Gasteiger partial charge in [0.15, 0.2) is 0 Å². The van der Waals surface area contributed by atoms with E-state index in [0.717, 1.165) is 22.6 Å². The molecule has 0 fully saturated rings. The summed E-state index contributed by atoms with van der Waals surface area (Å²) in [4.78, 5) is 4.71. The van der Waals surface area contributed by atoms with Gasteiger partial charge in [-0.1, -0.05) is 35.4 Å². The molecule has 0 amide bonds. The second-order valence-electron chi connectivity index (χ2n) is 4.93. The van der Waals surface area contributed by atoms with Crippen molar-refractivity contribution in [2.75, 3.05) is 0 Å². The number of rotatable bonds is 2. The summed E-state index contributed by atoms with van der Waals surface area (Å²) in [6, 6.07) is 10.1. The molecule has 0 bridgehead atoms. The number of halogens is 2. The van der Waals surface area contributed by atoms with Gasteiger partial charge in [-0.15, -0.1) is 11.6 Å². The number of nitrogens with zero attached hydrogens (tertiary/aromatic N) is 2. The minimum atomic E-state index is 0.393. The zero-order valence-electron chi connectivity index (χ0n) is 11.3. The Morgan fingerprint density at radius 3 is 2.65 bits per heavy atom. The molecule has 2 nitrogen and oxygen atoms in total. The van der Waals surface area contributed by atoms with Crippen LogP contribution in [0.4, 0.5) is 0 Å². The molecule has 0 radical (unpaired) electrons. The molecule has 0 aliphatic heterocycles. The fraction of sp³-hybridized carbons (Fsp3) is 0.188. The zero-order chi connectivity index (χ0) is 14.3. The molecule has 20 heavy (non-hydrogen) atoms.